The second-order valence-electron chi connectivity index (χ2n) is 4.68. The van der Waals surface area contributed by atoms with E-state index < -0.39 is 0 Å². The van der Waals surface area contributed by atoms with Crippen LogP contribution >= 0.6 is 11.6 Å². The molecule has 3 heteroatoms. The number of rotatable bonds is 3. The topological polar surface area (TPSA) is 38.0 Å². The van der Waals surface area contributed by atoms with Crippen LogP contribution in [-0.4, -0.2) is 6.54 Å². The highest BCUT2D eigenvalue weighted by molar-refractivity contribution is 6.33. The molecule has 3 N–H and O–H groups in total. The van der Waals surface area contributed by atoms with Crippen molar-refractivity contribution in [3.63, 3.8) is 0 Å². The summed E-state index contributed by atoms with van der Waals surface area (Å²) in [7, 11) is 0. The average molecular weight is 259 g/mol. The van der Waals surface area contributed by atoms with Crippen molar-refractivity contribution in [3.05, 3.63) is 58.6 Å². The summed E-state index contributed by atoms with van der Waals surface area (Å²) in [5.74, 6) is 0.583. The molecule has 1 atom stereocenters. The third-order valence-electron chi connectivity index (χ3n) is 3.55. The Morgan fingerprint density at radius 1 is 1.17 bits per heavy atom. The monoisotopic (exact) mass is 258 g/mol. The predicted octanol–water partition coefficient (Wildman–Crippen LogP) is 3.67. The third kappa shape index (κ3) is 1.93. The number of anilines is 2. The lowest BCUT2D eigenvalue weighted by atomic mass is 9.77. The minimum absolute atomic E-state index is 0.583. The molecule has 2 aromatic carbocycles. The van der Waals surface area contributed by atoms with E-state index in [2.05, 4.69) is 29.6 Å². The average Bonchev–Trinajstić information content (AvgIpc) is 2.35. The molecule has 18 heavy (non-hydrogen) atoms. The van der Waals surface area contributed by atoms with Crippen LogP contribution in [0.15, 0.2) is 42.5 Å². The van der Waals surface area contributed by atoms with Gasteiger partial charge in [-0.25, -0.2) is 0 Å². The lowest BCUT2D eigenvalue weighted by Gasteiger charge is -2.30. The molecule has 0 spiro atoms. The molecule has 0 radical (unpaired) electrons. The van der Waals surface area contributed by atoms with Crippen LogP contribution in [0.1, 0.15) is 17.0 Å². The van der Waals surface area contributed by atoms with Crippen molar-refractivity contribution in [1.82, 2.24) is 0 Å². The quantitative estimate of drug-likeness (QED) is 0.825. The second-order valence-corrected chi connectivity index (χ2v) is 5.09. The zero-order chi connectivity index (χ0) is 12.5. The molecular weight excluding hydrogens is 244 g/mol. The van der Waals surface area contributed by atoms with Gasteiger partial charge in [-0.3, -0.25) is 0 Å². The minimum Gasteiger partial charge on any atom is -0.396 e. The SMILES string of the molecule is Nc1c(Cl)cccc1NCC1Cc2ccccc21. The molecule has 0 aromatic heterocycles. The summed E-state index contributed by atoms with van der Waals surface area (Å²) in [4.78, 5) is 0. The highest BCUT2D eigenvalue weighted by atomic mass is 35.5. The Hall–Kier alpha value is -1.67. The molecule has 1 unspecified atom stereocenters. The maximum Gasteiger partial charge on any atom is 0.0739 e. The van der Waals surface area contributed by atoms with E-state index >= 15 is 0 Å². The van der Waals surface area contributed by atoms with Gasteiger partial charge in [-0.15, -0.1) is 0 Å². The first-order chi connectivity index (χ1) is 8.75. The fourth-order valence-electron chi connectivity index (χ4n) is 2.47. The van der Waals surface area contributed by atoms with Crippen molar-refractivity contribution in [2.45, 2.75) is 12.3 Å². The first-order valence-electron chi connectivity index (χ1n) is 6.11. The van der Waals surface area contributed by atoms with Crippen LogP contribution in [-0.2, 0) is 6.42 Å². The molecule has 0 amide bonds. The Balaban J connectivity index is 1.69. The van der Waals surface area contributed by atoms with Crippen molar-refractivity contribution in [2.24, 2.45) is 0 Å². The minimum atomic E-state index is 0.583. The fourth-order valence-corrected chi connectivity index (χ4v) is 2.64. The Labute approximate surface area is 112 Å². The molecule has 2 aromatic rings. The normalized spacial score (nSPS) is 16.8. The van der Waals surface area contributed by atoms with Crippen molar-refractivity contribution < 1.29 is 0 Å². The van der Waals surface area contributed by atoms with E-state index in [9.17, 15) is 0 Å². The van der Waals surface area contributed by atoms with Gasteiger partial charge in [0.25, 0.3) is 0 Å². The molecule has 2 nitrogen and oxygen atoms in total. The number of nitrogens with one attached hydrogen (secondary N) is 1. The van der Waals surface area contributed by atoms with Gasteiger partial charge >= 0.3 is 0 Å². The molecular formula is C15H15ClN2. The van der Waals surface area contributed by atoms with E-state index in [1.807, 2.05) is 12.1 Å². The maximum atomic E-state index is 5.99. The van der Waals surface area contributed by atoms with E-state index in [1.165, 1.54) is 11.1 Å². The summed E-state index contributed by atoms with van der Waals surface area (Å²) >= 11 is 5.99. The molecule has 1 aliphatic carbocycles. The summed E-state index contributed by atoms with van der Waals surface area (Å²) in [6.45, 7) is 0.904. The molecule has 1 aliphatic rings. The van der Waals surface area contributed by atoms with Crippen LogP contribution in [0.5, 0.6) is 0 Å². The largest absolute Gasteiger partial charge is 0.396 e. The van der Waals surface area contributed by atoms with Crippen LogP contribution < -0.4 is 11.1 Å². The number of nitrogen functional groups attached to an aromatic ring is 1. The Morgan fingerprint density at radius 2 is 2.00 bits per heavy atom. The lowest BCUT2D eigenvalue weighted by molar-refractivity contribution is 0.636. The summed E-state index contributed by atoms with van der Waals surface area (Å²) in [6.07, 6.45) is 1.14. The molecule has 0 heterocycles. The summed E-state index contributed by atoms with van der Waals surface area (Å²) < 4.78 is 0. The first kappa shape index (κ1) is 11.4. The van der Waals surface area contributed by atoms with Gasteiger partial charge in [-0.1, -0.05) is 41.9 Å². The number of halogens is 1. The maximum absolute atomic E-state index is 5.99. The molecule has 0 aliphatic heterocycles. The molecule has 92 valence electrons. The zero-order valence-electron chi connectivity index (χ0n) is 9.99. The number of fused-ring (bicyclic) bond motifs is 1. The van der Waals surface area contributed by atoms with Gasteiger partial charge in [0.2, 0.25) is 0 Å². The van der Waals surface area contributed by atoms with Gasteiger partial charge in [-0.05, 0) is 29.7 Å². The van der Waals surface area contributed by atoms with Crippen molar-refractivity contribution in [2.75, 3.05) is 17.6 Å². The van der Waals surface area contributed by atoms with Crippen molar-refractivity contribution in [3.8, 4) is 0 Å². The van der Waals surface area contributed by atoms with E-state index in [0.29, 0.717) is 16.6 Å². The second kappa shape index (κ2) is 4.54. The van der Waals surface area contributed by atoms with Gasteiger partial charge in [-0.2, -0.15) is 0 Å². The Morgan fingerprint density at radius 3 is 2.83 bits per heavy atom. The van der Waals surface area contributed by atoms with Crippen LogP contribution in [0, 0.1) is 0 Å². The van der Waals surface area contributed by atoms with Gasteiger partial charge in [0.1, 0.15) is 0 Å². The van der Waals surface area contributed by atoms with E-state index in [1.54, 1.807) is 6.07 Å². The van der Waals surface area contributed by atoms with Crippen LogP contribution in [0.25, 0.3) is 0 Å². The lowest BCUT2D eigenvalue weighted by Crippen LogP contribution is -2.24. The molecule has 0 saturated carbocycles. The smallest absolute Gasteiger partial charge is 0.0739 e. The van der Waals surface area contributed by atoms with Gasteiger partial charge < -0.3 is 11.1 Å². The molecule has 3 rings (SSSR count). The van der Waals surface area contributed by atoms with E-state index in [-0.39, 0.29) is 0 Å². The van der Waals surface area contributed by atoms with Gasteiger partial charge in [0.15, 0.2) is 0 Å². The first-order valence-corrected chi connectivity index (χ1v) is 6.49. The van der Waals surface area contributed by atoms with Crippen molar-refractivity contribution in [1.29, 1.82) is 0 Å². The summed E-state index contributed by atoms with van der Waals surface area (Å²) in [6, 6.07) is 14.3. The standard InChI is InChI=1S/C15H15ClN2/c16-13-6-3-7-14(15(13)17)18-9-11-8-10-4-1-2-5-12(10)11/h1-7,11,18H,8-9,17H2. The molecule has 0 saturated heterocycles. The van der Waals surface area contributed by atoms with Gasteiger partial charge in [0, 0.05) is 12.5 Å². The van der Waals surface area contributed by atoms with Crippen LogP contribution in [0.2, 0.25) is 5.02 Å². The Kier molecular flexibility index (Phi) is 2.88. The number of hydrogen-bond acceptors (Lipinski definition) is 2. The Bertz CT molecular complexity index is 580. The molecule has 0 bridgehead atoms. The van der Waals surface area contributed by atoms with Crippen LogP contribution in [0.3, 0.4) is 0 Å². The highest BCUT2D eigenvalue weighted by Crippen LogP contribution is 2.35. The number of hydrogen-bond donors (Lipinski definition) is 2. The summed E-state index contributed by atoms with van der Waals surface area (Å²) in [5.41, 5.74) is 10.4. The van der Waals surface area contributed by atoms with Crippen LogP contribution in [0.4, 0.5) is 11.4 Å². The fraction of sp³-hybridized carbons (Fsp3) is 0.200. The third-order valence-corrected chi connectivity index (χ3v) is 3.88. The number of para-hydroxylation sites is 1. The highest BCUT2D eigenvalue weighted by Gasteiger charge is 2.24. The number of nitrogens with two attached hydrogens (primary N) is 1. The van der Waals surface area contributed by atoms with E-state index in [4.69, 9.17) is 17.3 Å². The predicted molar refractivity (Wildman–Crippen MR) is 77.2 cm³/mol. The molecule has 0 fully saturated rings. The zero-order valence-corrected chi connectivity index (χ0v) is 10.7. The number of benzene rings is 2. The van der Waals surface area contributed by atoms with E-state index in [0.717, 1.165) is 18.7 Å². The van der Waals surface area contributed by atoms with Crippen molar-refractivity contribution >= 4 is 23.0 Å². The summed E-state index contributed by atoms with van der Waals surface area (Å²) in [5, 5.41) is 3.99. The van der Waals surface area contributed by atoms with Gasteiger partial charge in [0.05, 0.1) is 16.4 Å².